The van der Waals surface area contributed by atoms with E-state index in [1.807, 2.05) is 18.2 Å². The zero-order valence-electron chi connectivity index (χ0n) is 15.6. The Morgan fingerprint density at radius 3 is 2.78 bits per heavy atom. The predicted molar refractivity (Wildman–Crippen MR) is 109 cm³/mol. The molecule has 4 nitrogen and oxygen atoms in total. The molecule has 0 saturated heterocycles. The van der Waals surface area contributed by atoms with Crippen LogP contribution in [0, 0.1) is 16.8 Å². The zero-order valence-corrected chi connectivity index (χ0v) is 16.3. The van der Waals surface area contributed by atoms with Crippen molar-refractivity contribution < 1.29 is 4.39 Å². The molecule has 2 aromatic rings. The van der Waals surface area contributed by atoms with Crippen LogP contribution in [0.4, 0.5) is 10.2 Å². The lowest BCUT2D eigenvalue weighted by Gasteiger charge is -2.31. The van der Waals surface area contributed by atoms with Crippen molar-refractivity contribution in [1.29, 1.82) is 5.41 Å². The van der Waals surface area contributed by atoms with Crippen molar-refractivity contribution >= 4 is 23.1 Å². The van der Waals surface area contributed by atoms with Gasteiger partial charge in [-0.25, -0.2) is 4.98 Å². The van der Waals surface area contributed by atoms with E-state index in [9.17, 15) is 4.39 Å². The Labute approximate surface area is 164 Å². The third kappa shape index (κ3) is 4.66. The van der Waals surface area contributed by atoms with Crippen LogP contribution in [0.5, 0.6) is 0 Å². The maximum absolute atomic E-state index is 14.1. The summed E-state index contributed by atoms with van der Waals surface area (Å²) >= 11 is 6.16. The summed E-state index contributed by atoms with van der Waals surface area (Å²) < 4.78 is 14.1. The van der Waals surface area contributed by atoms with Crippen molar-refractivity contribution in [2.75, 3.05) is 5.32 Å². The van der Waals surface area contributed by atoms with E-state index in [2.05, 4.69) is 24.1 Å². The van der Waals surface area contributed by atoms with Gasteiger partial charge in [0.2, 0.25) is 5.95 Å². The fraction of sp³-hybridized carbons (Fsp3) is 0.333. The number of benzene rings is 1. The molecule has 0 amide bonds. The summed E-state index contributed by atoms with van der Waals surface area (Å²) in [5.41, 5.74) is 9.52. The van der Waals surface area contributed by atoms with Gasteiger partial charge in [0.25, 0.3) is 0 Å². The average Bonchev–Trinajstić information content (AvgIpc) is 2.59. The van der Waals surface area contributed by atoms with Crippen LogP contribution in [-0.4, -0.2) is 10.7 Å². The van der Waals surface area contributed by atoms with E-state index < -0.39 is 5.95 Å². The molecule has 142 valence electrons. The van der Waals surface area contributed by atoms with Gasteiger partial charge in [-0.05, 0) is 47.9 Å². The molecule has 1 aromatic carbocycles. The molecule has 1 aliphatic rings. The molecular weight excluding hydrogens is 363 g/mol. The van der Waals surface area contributed by atoms with Crippen molar-refractivity contribution in [2.45, 2.75) is 39.7 Å². The van der Waals surface area contributed by atoms with Crippen molar-refractivity contribution in [2.24, 2.45) is 11.1 Å². The highest BCUT2D eigenvalue weighted by Crippen LogP contribution is 2.37. The molecule has 0 aliphatic heterocycles. The van der Waals surface area contributed by atoms with Crippen LogP contribution in [-0.2, 0) is 6.54 Å². The maximum atomic E-state index is 14.1. The number of allylic oxidation sites excluding steroid dienone is 2. The second-order valence-corrected chi connectivity index (χ2v) is 8.14. The Morgan fingerprint density at radius 1 is 1.33 bits per heavy atom. The van der Waals surface area contributed by atoms with Crippen LogP contribution in [0.3, 0.4) is 0 Å². The minimum absolute atomic E-state index is 0.138. The summed E-state index contributed by atoms with van der Waals surface area (Å²) in [7, 11) is 0. The Kier molecular flexibility index (Phi) is 5.51. The van der Waals surface area contributed by atoms with E-state index in [4.69, 9.17) is 22.7 Å². The summed E-state index contributed by atoms with van der Waals surface area (Å²) in [6.07, 6.45) is 2.43. The number of pyridine rings is 1. The standard InChI is InChI=1S/C21H24ClFN4/c1-21(2)8-7-15(17(24)11-21)20(25)14-9-18(23)27-19(10-14)26-12-13-5-3-4-6-16(13)22/h3-6,9-10,25H,7-8,11-12,24H2,1-2H3,(H,26,27). The molecule has 0 radical (unpaired) electrons. The van der Waals surface area contributed by atoms with Gasteiger partial charge in [0.15, 0.2) is 0 Å². The van der Waals surface area contributed by atoms with Crippen molar-refractivity contribution in [3.05, 3.63) is 69.8 Å². The number of halogens is 2. The number of nitrogens with two attached hydrogens (primary N) is 1. The van der Waals surface area contributed by atoms with E-state index in [1.54, 1.807) is 12.1 Å². The van der Waals surface area contributed by atoms with Gasteiger partial charge in [0.05, 0.1) is 5.71 Å². The second-order valence-electron chi connectivity index (χ2n) is 7.73. The molecule has 4 N–H and O–H groups in total. The first-order valence-corrected chi connectivity index (χ1v) is 9.35. The number of hydrogen-bond acceptors (Lipinski definition) is 4. The molecule has 0 saturated carbocycles. The van der Waals surface area contributed by atoms with E-state index in [1.165, 1.54) is 6.07 Å². The summed E-state index contributed by atoms with van der Waals surface area (Å²) in [6.45, 7) is 4.76. The lowest BCUT2D eigenvalue weighted by Crippen LogP contribution is -2.25. The number of aromatic nitrogens is 1. The Balaban J connectivity index is 1.81. The van der Waals surface area contributed by atoms with Gasteiger partial charge in [-0.1, -0.05) is 43.6 Å². The molecule has 0 fully saturated rings. The highest BCUT2D eigenvalue weighted by Gasteiger charge is 2.28. The van der Waals surface area contributed by atoms with Crippen LogP contribution in [0.25, 0.3) is 0 Å². The summed E-state index contributed by atoms with van der Waals surface area (Å²) in [6, 6.07) is 10.4. The van der Waals surface area contributed by atoms with Crippen LogP contribution >= 0.6 is 11.6 Å². The normalized spacial score (nSPS) is 16.3. The molecule has 1 aromatic heterocycles. The summed E-state index contributed by atoms with van der Waals surface area (Å²) in [4.78, 5) is 3.88. The lowest BCUT2D eigenvalue weighted by molar-refractivity contribution is 0.315. The number of rotatable bonds is 5. The first-order chi connectivity index (χ1) is 12.7. The first-order valence-electron chi connectivity index (χ1n) is 8.97. The van der Waals surface area contributed by atoms with Crippen LogP contribution in [0.1, 0.15) is 44.2 Å². The number of hydrogen-bond donors (Lipinski definition) is 3. The van der Waals surface area contributed by atoms with E-state index in [0.29, 0.717) is 22.9 Å². The number of anilines is 1. The van der Waals surface area contributed by atoms with E-state index in [-0.39, 0.29) is 11.1 Å². The fourth-order valence-corrected chi connectivity index (χ4v) is 3.56. The number of nitrogens with zero attached hydrogens (tertiary/aromatic N) is 1. The van der Waals surface area contributed by atoms with Crippen LogP contribution in [0.15, 0.2) is 47.7 Å². The average molecular weight is 387 g/mol. The van der Waals surface area contributed by atoms with Gasteiger partial charge in [-0.15, -0.1) is 0 Å². The molecular formula is C21H24ClFN4. The van der Waals surface area contributed by atoms with Gasteiger partial charge in [0.1, 0.15) is 5.82 Å². The van der Waals surface area contributed by atoms with Gasteiger partial charge >= 0.3 is 0 Å². The monoisotopic (exact) mass is 386 g/mol. The van der Waals surface area contributed by atoms with Crippen LogP contribution in [0.2, 0.25) is 5.02 Å². The minimum Gasteiger partial charge on any atom is -0.402 e. The Hall–Kier alpha value is -2.40. The molecule has 6 heteroatoms. The number of nitrogens with one attached hydrogen (secondary N) is 2. The van der Waals surface area contributed by atoms with Gasteiger partial charge in [-0.3, -0.25) is 5.41 Å². The highest BCUT2D eigenvalue weighted by atomic mass is 35.5. The molecule has 3 rings (SSSR count). The van der Waals surface area contributed by atoms with Gasteiger partial charge in [-0.2, -0.15) is 4.39 Å². The van der Waals surface area contributed by atoms with Gasteiger partial charge < -0.3 is 11.1 Å². The summed E-state index contributed by atoms with van der Waals surface area (Å²) in [5, 5.41) is 12.2. The quantitative estimate of drug-likeness (QED) is 0.483. The predicted octanol–water partition coefficient (Wildman–Crippen LogP) is 5.28. The smallest absolute Gasteiger partial charge is 0.215 e. The van der Waals surface area contributed by atoms with E-state index in [0.717, 1.165) is 36.1 Å². The van der Waals surface area contributed by atoms with Crippen LogP contribution < -0.4 is 11.1 Å². The highest BCUT2D eigenvalue weighted by molar-refractivity contribution is 6.31. The molecule has 27 heavy (non-hydrogen) atoms. The summed E-state index contributed by atoms with van der Waals surface area (Å²) in [5.74, 6) is -0.265. The largest absolute Gasteiger partial charge is 0.402 e. The molecule has 1 heterocycles. The Morgan fingerprint density at radius 2 is 2.07 bits per heavy atom. The Bertz CT molecular complexity index is 905. The lowest BCUT2D eigenvalue weighted by atomic mass is 9.75. The fourth-order valence-electron chi connectivity index (χ4n) is 3.35. The molecule has 0 unspecified atom stereocenters. The minimum atomic E-state index is -0.630. The maximum Gasteiger partial charge on any atom is 0.215 e. The topological polar surface area (TPSA) is 74.8 Å². The SMILES string of the molecule is CC1(C)CCC(C(=N)c2cc(F)nc(NCc3ccccc3Cl)c2)=C(N)C1. The molecule has 0 bridgehead atoms. The van der Waals surface area contributed by atoms with E-state index >= 15 is 0 Å². The molecule has 0 atom stereocenters. The first kappa shape index (κ1) is 19.4. The van der Waals surface area contributed by atoms with Gasteiger partial charge in [0, 0.05) is 28.9 Å². The molecule has 1 aliphatic carbocycles. The van der Waals surface area contributed by atoms with Crippen molar-refractivity contribution in [3.63, 3.8) is 0 Å². The second kappa shape index (κ2) is 7.69. The van der Waals surface area contributed by atoms with Crippen molar-refractivity contribution in [3.8, 4) is 0 Å². The third-order valence-electron chi connectivity index (χ3n) is 4.91. The zero-order chi connectivity index (χ0) is 19.6. The third-order valence-corrected chi connectivity index (χ3v) is 5.28. The van der Waals surface area contributed by atoms with Crippen molar-refractivity contribution in [1.82, 2.24) is 4.98 Å². The molecule has 0 spiro atoms.